The highest BCUT2D eigenvalue weighted by Crippen LogP contribution is 2.38. The molecule has 10 heteroatoms. The summed E-state index contributed by atoms with van der Waals surface area (Å²) < 4.78 is 9.59. The molecule has 1 aliphatic carbocycles. The molecule has 23 heavy (non-hydrogen) atoms. The van der Waals surface area contributed by atoms with Crippen molar-refractivity contribution in [1.82, 2.24) is 15.1 Å². The van der Waals surface area contributed by atoms with Gasteiger partial charge >= 0.3 is 11.7 Å². The molecule has 10 nitrogen and oxygen atoms in total. The van der Waals surface area contributed by atoms with Crippen molar-refractivity contribution in [2.45, 2.75) is 25.3 Å². The van der Waals surface area contributed by atoms with E-state index in [1.165, 1.54) is 13.3 Å². The number of hydrogen-bond donors (Lipinski definition) is 1. The quantitative estimate of drug-likeness (QED) is 0.479. The Morgan fingerprint density at radius 3 is 3.00 bits per heavy atom. The Bertz CT molecular complexity index is 755. The lowest BCUT2D eigenvalue weighted by Gasteiger charge is -2.05. The molecule has 1 saturated carbocycles. The highest BCUT2D eigenvalue weighted by molar-refractivity contribution is 5.90. The molecule has 2 aromatic rings. The van der Waals surface area contributed by atoms with Gasteiger partial charge in [-0.3, -0.25) is 10.1 Å². The fourth-order valence-corrected chi connectivity index (χ4v) is 1.96. The second kappa shape index (κ2) is 5.99. The van der Waals surface area contributed by atoms with Crippen molar-refractivity contribution in [3.05, 3.63) is 39.7 Å². The molecule has 0 aromatic carbocycles. The van der Waals surface area contributed by atoms with E-state index in [1.54, 1.807) is 0 Å². The molecule has 3 rings (SSSR count). The van der Waals surface area contributed by atoms with Gasteiger partial charge in [0, 0.05) is 18.2 Å². The molecule has 0 saturated heterocycles. The number of rotatable bonds is 6. The van der Waals surface area contributed by atoms with Crippen LogP contribution in [0.3, 0.4) is 0 Å². The maximum atomic E-state index is 11.4. The summed E-state index contributed by atoms with van der Waals surface area (Å²) >= 11 is 0. The van der Waals surface area contributed by atoms with Crippen molar-refractivity contribution in [2.75, 3.05) is 12.4 Å². The summed E-state index contributed by atoms with van der Waals surface area (Å²) in [6.45, 7) is 0.102. The monoisotopic (exact) mass is 319 g/mol. The van der Waals surface area contributed by atoms with Crippen LogP contribution in [-0.4, -0.2) is 33.1 Å². The van der Waals surface area contributed by atoms with Gasteiger partial charge in [0.25, 0.3) is 0 Å². The molecule has 2 heterocycles. The smallest absolute Gasteiger partial charge is 0.339 e. The lowest BCUT2D eigenvalue weighted by molar-refractivity contribution is -0.384. The third-order valence-electron chi connectivity index (χ3n) is 3.32. The molecular weight excluding hydrogens is 306 g/mol. The summed E-state index contributed by atoms with van der Waals surface area (Å²) in [5, 5.41) is 17.7. The molecule has 0 bridgehead atoms. The van der Waals surface area contributed by atoms with E-state index < -0.39 is 10.9 Å². The second-order valence-corrected chi connectivity index (χ2v) is 5.01. The number of carbonyl (C=O) groups excluding carboxylic acids is 1. The average molecular weight is 319 g/mol. The molecular formula is C13H13N5O5. The number of nitrogens with zero attached hydrogens (tertiary/aromatic N) is 4. The number of nitrogens with one attached hydrogen (secondary N) is 1. The molecule has 1 aliphatic rings. The maximum absolute atomic E-state index is 11.4. The van der Waals surface area contributed by atoms with Gasteiger partial charge in [0.15, 0.2) is 5.82 Å². The third kappa shape index (κ3) is 3.25. The molecule has 0 spiro atoms. The first-order chi connectivity index (χ1) is 11.1. The Labute approximate surface area is 130 Å². The van der Waals surface area contributed by atoms with Crippen molar-refractivity contribution in [2.24, 2.45) is 0 Å². The minimum Gasteiger partial charge on any atom is -0.465 e. The Balaban J connectivity index is 1.75. The van der Waals surface area contributed by atoms with Gasteiger partial charge in [-0.15, -0.1) is 0 Å². The topological polar surface area (TPSA) is 133 Å². The highest BCUT2D eigenvalue weighted by atomic mass is 16.6. The third-order valence-corrected chi connectivity index (χ3v) is 3.32. The van der Waals surface area contributed by atoms with Crippen LogP contribution < -0.4 is 5.32 Å². The number of ether oxygens (including phenoxy) is 1. The minimum absolute atomic E-state index is 0.00133. The SMILES string of the molecule is COC(=O)c1cnc(NCc2nc(C3CC3)no2)c([N+](=O)[O-])c1. The van der Waals surface area contributed by atoms with E-state index in [4.69, 9.17) is 4.52 Å². The summed E-state index contributed by atoms with van der Waals surface area (Å²) in [6.07, 6.45) is 3.30. The van der Waals surface area contributed by atoms with Gasteiger partial charge in [-0.2, -0.15) is 4.98 Å². The van der Waals surface area contributed by atoms with Crippen molar-refractivity contribution < 1.29 is 19.0 Å². The van der Waals surface area contributed by atoms with Crippen LogP contribution in [0.15, 0.2) is 16.8 Å². The number of aromatic nitrogens is 3. The van der Waals surface area contributed by atoms with Gasteiger partial charge in [-0.05, 0) is 12.8 Å². The molecule has 120 valence electrons. The van der Waals surface area contributed by atoms with E-state index in [9.17, 15) is 14.9 Å². The van der Waals surface area contributed by atoms with Crippen LogP contribution in [-0.2, 0) is 11.3 Å². The fourth-order valence-electron chi connectivity index (χ4n) is 1.96. The summed E-state index contributed by atoms with van der Waals surface area (Å²) in [6, 6.07) is 1.10. The summed E-state index contributed by atoms with van der Waals surface area (Å²) in [4.78, 5) is 30.0. The zero-order chi connectivity index (χ0) is 16.4. The zero-order valence-electron chi connectivity index (χ0n) is 12.2. The molecule has 1 N–H and O–H groups in total. The van der Waals surface area contributed by atoms with Gasteiger partial charge in [-0.1, -0.05) is 5.16 Å². The van der Waals surface area contributed by atoms with Crippen LogP contribution >= 0.6 is 0 Å². The van der Waals surface area contributed by atoms with Crippen LogP contribution in [0.2, 0.25) is 0 Å². The van der Waals surface area contributed by atoms with Crippen LogP contribution in [0, 0.1) is 10.1 Å². The number of nitro groups is 1. The van der Waals surface area contributed by atoms with Gasteiger partial charge in [0.05, 0.1) is 24.1 Å². The van der Waals surface area contributed by atoms with E-state index in [0.717, 1.165) is 18.9 Å². The van der Waals surface area contributed by atoms with Crippen LogP contribution in [0.5, 0.6) is 0 Å². The minimum atomic E-state index is -0.696. The summed E-state index contributed by atoms with van der Waals surface area (Å²) in [7, 11) is 1.19. The first-order valence-corrected chi connectivity index (χ1v) is 6.87. The second-order valence-electron chi connectivity index (χ2n) is 5.01. The normalized spacial score (nSPS) is 13.6. The largest absolute Gasteiger partial charge is 0.465 e. The number of carbonyl (C=O) groups is 1. The maximum Gasteiger partial charge on any atom is 0.339 e. The Kier molecular flexibility index (Phi) is 3.87. The van der Waals surface area contributed by atoms with Crippen molar-refractivity contribution in [3.63, 3.8) is 0 Å². The molecule has 0 amide bonds. The number of anilines is 1. The lowest BCUT2D eigenvalue weighted by Crippen LogP contribution is -2.08. The van der Waals surface area contributed by atoms with Crippen molar-refractivity contribution >= 4 is 17.5 Å². The Morgan fingerprint density at radius 1 is 1.57 bits per heavy atom. The number of methoxy groups -OCH3 is 1. The Morgan fingerprint density at radius 2 is 2.35 bits per heavy atom. The van der Waals surface area contributed by atoms with E-state index in [0.29, 0.717) is 17.6 Å². The number of esters is 1. The lowest BCUT2D eigenvalue weighted by atomic mass is 10.2. The predicted molar refractivity (Wildman–Crippen MR) is 75.8 cm³/mol. The van der Waals surface area contributed by atoms with Gasteiger partial charge in [0.2, 0.25) is 11.7 Å². The first kappa shape index (κ1) is 14.9. The van der Waals surface area contributed by atoms with Gasteiger partial charge < -0.3 is 14.6 Å². The summed E-state index contributed by atoms with van der Waals surface area (Å²) in [5.74, 6) is 0.650. The van der Waals surface area contributed by atoms with Crippen LogP contribution in [0.4, 0.5) is 11.5 Å². The van der Waals surface area contributed by atoms with E-state index >= 15 is 0 Å². The fraction of sp³-hybridized carbons (Fsp3) is 0.385. The summed E-state index contributed by atoms with van der Waals surface area (Å²) in [5.41, 5.74) is -0.339. The van der Waals surface area contributed by atoms with E-state index in [1.807, 2.05) is 0 Å². The number of hydrogen-bond acceptors (Lipinski definition) is 9. The van der Waals surface area contributed by atoms with Crippen LogP contribution in [0.25, 0.3) is 0 Å². The van der Waals surface area contributed by atoms with Gasteiger partial charge in [0.1, 0.15) is 0 Å². The highest BCUT2D eigenvalue weighted by Gasteiger charge is 2.29. The predicted octanol–water partition coefficient (Wildman–Crippen LogP) is 1.65. The van der Waals surface area contributed by atoms with Crippen LogP contribution in [0.1, 0.15) is 40.8 Å². The van der Waals surface area contributed by atoms with Gasteiger partial charge in [-0.25, -0.2) is 9.78 Å². The zero-order valence-corrected chi connectivity index (χ0v) is 12.2. The van der Waals surface area contributed by atoms with E-state index in [-0.39, 0.29) is 23.6 Å². The van der Waals surface area contributed by atoms with E-state index in [2.05, 4.69) is 25.2 Å². The molecule has 0 unspecified atom stereocenters. The standard InChI is InChI=1S/C13H13N5O5/c1-22-13(19)8-4-9(18(20)21)12(14-5-8)15-6-10-16-11(17-23-10)7-2-3-7/h4-5,7H,2-3,6H2,1H3,(H,14,15). The molecule has 0 atom stereocenters. The average Bonchev–Trinajstić information content (AvgIpc) is 3.30. The molecule has 1 fully saturated rings. The number of pyridine rings is 1. The first-order valence-electron chi connectivity index (χ1n) is 6.87. The molecule has 0 radical (unpaired) electrons. The van der Waals surface area contributed by atoms with Crippen molar-refractivity contribution in [3.8, 4) is 0 Å². The Hall–Kier alpha value is -3.04. The van der Waals surface area contributed by atoms with Crippen molar-refractivity contribution in [1.29, 1.82) is 0 Å². The molecule has 2 aromatic heterocycles. The molecule has 0 aliphatic heterocycles.